The SMILES string of the molecule is COCO[C@H](C)[C@@H](C[C@H](C/C(=C\CO[Si](c1ccccc1)(c1ccccc1)C(C)(C)C)CC(=O)C(C)(C)CSc1ccccc1)OCc1ccc(OC)c(OC)c1)OCc1ccc(OC)cc1. The summed E-state index contributed by atoms with van der Waals surface area (Å²) in [6.45, 7) is 14.0. The first-order valence-corrected chi connectivity index (χ1v) is 25.9. The summed E-state index contributed by atoms with van der Waals surface area (Å²) >= 11 is 1.70. The monoisotopic (exact) mass is 948 g/mol. The normalized spacial score (nSPS) is 13.7. The lowest BCUT2D eigenvalue weighted by Crippen LogP contribution is -2.66. The van der Waals surface area contributed by atoms with Gasteiger partial charge in [0, 0.05) is 36.0 Å². The Morgan fingerprint density at radius 3 is 1.82 bits per heavy atom. The van der Waals surface area contributed by atoms with Crippen molar-refractivity contribution in [2.24, 2.45) is 5.41 Å². The maximum Gasteiger partial charge on any atom is 0.261 e. The predicted molar refractivity (Wildman–Crippen MR) is 274 cm³/mol. The molecule has 5 aromatic carbocycles. The molecule has 5 aromatic rings. The third-order valence-electron chi connectivity index (χ3n) is 12.1. The molecule has 0 fully saturated rings. The summed E-state index contributed by atoms with van der Waals surface area (Å²) in [5.74, 6) is 2.81. The van der Waals surface area contributed by atoms with Crippen LogP contribution in [-0.2, 0) is 41.4 Å². The predicted octanol–water partition coefficient (Wildman–Crippen LogP) is 11.3. The van der Waals surface area contributed by atoms with E-state index in [0.29, 0.717) is 43.3 Å². The van der Waals surface area contributed by atoms with E-state index in [4.69, 9.17) is 37.6 Å². The van der Waals surface area contributed by atoms with E-state index in [1.165, 1.54) is 10.4 Å². The van der Waals surface area contributed by atoms with Crippen molar-refractivity contribution in [2.75, 3.05) is 47.6 Å². The Kier molecular flexibility index (Phi) is 20.8. The van der Waals surface area contributed by atoms with Crippen LogP contribution in [0.15, 0.2) is 150 Å². The number of benzene rings is 5. The zero-order chi connectivity index (χ0) is 48.3. The Morgan fingerprint density at radius 1 is 0.672 bits per heavy atom. The Balaban J connectivity index is 1.54. The maximum atomic E-state index is 14.7. The van der Waals surface area contributed by atoms with Crippen molar-refractivity contribution in [1.82, 2.24) is 0 Å². The van der Waals surface area contributed by atoms with Gasteiger partial charge in [0.15, 0.2) is 11.5 Å². The zero-order valence-electron chi connectivity index (χ0n) is 41.3. The fourth-order valence-corrected chi connectivity index (χ4v) is 13.7. The quantitative estimate of drug-likeness (QED) is 0.0209. The summed E-state index contributed by atoms with van der Waals surface area (Å²) in [5, 5.41) is 2.15. The van der Waals surface area contributed by atoms with Gasteiger partial charge in [-0.15, -0.1) is 11.8 Å². The molecule has 67 heavy (non-hydrogen) atoms. The molecule has 0 aliphatic rings. The van der Waals surface area contributed by atoms with Gasteiger partial charge in [-0.25, -0.2) is 0 Å². The molecule has 11 heteroatoms. The number of carbonyl (C=O) groups excluding carboxylic acids is 1. The fourth-order valence-electron chi connectivity index (χ4n) is 8.13. The second-order valence-electron chi connectivity index (χ2n) is 18.5. The molecule has 0 saturated carbocycles. The molecular formula is C56H72O9SSi. The topological polar surface area (TPSA) is 90.9 Å². The van der Waals surface area contributed by atoms with Crippen molar-refractivity contribution in [1.29, 1.82) is 0 Å². The molecule has 360 valence electrons. The van der Waals surface area contributed by atoms with Crippen molar-refractivity contribution in [2.45, 2.75) is 102 Å². The molecule has 0 unspecified atom stereocenters. The van der Waals surface area contributed by atoms with Crippen LogP contribution in [-0.4, -0.2) is 80.0 Å². The second kappa shape index (κ2) is 26.1. The summed E-state index contributed by atoms with van der Waals surface area (Å²) in [4.78, 5) is 15.8. The number of Topliss-reactive ketones (excluding diaryl/α,β-unsaturated/α-hetero) is 1. The van der Waals surface area contributed by atoms with Gasteiger partial charge in [0.05, 0.1) is 59.5 Å². The average Bonchev–Trinajstić information content (AvgIpc) is 3.34. The molecule has 0 spiro atoms. The highest BCUT2D eigenvalue weighted by molar-refractivity contribution is 7.99. The van der Waals surface area contributed by atoms with Crippen LogP contribution in [0.25, 0.3) is 0 Å². The van der Waals surface area contributed by atoms with Gasteiger partial charge in [0.1, 0.15) is 18.3 Å². The highest BCUT2D eigenvalue weighted by atomic mass is 32.2. The number of methoxy groups -OCH3 is 4. The molecule has 0 aliphatic carbocycles. The second-order valence-corrected chi connectivity index (χ2v) is 23.8. The van der Waals surface area contributed by atoms with Crippen molar-refractivity contribution in [3.8, 4) is 17.2 Å². The number of hydrogen-bond donors (Lipinski definition) is 0. The largest absolute Gasteiger partial charge is 0.497 e. The Bertz CT molecular complexity index is 2210. The van der Waals surface area contributed by atoms with Crippen LogP contribution in [0.1, 0.15) is 71.9 Å². The van der Waals surface area contributed by atoms with Crippen molar-refractivity contribution in [3.05, 3.63) is 156 Å². The highest BCUT2D eigenvalue weighted by Crippen LogP contribution is 2.38. The number of ether oxygens (including phenoxy) is 7. The van der Waals surface area contributed by atoms with Crippen LogP contribution >= 0.6 is 11.8 Å². The fraction of sp³-hybridized carbons (Fsp3) is 0.411. The van der Waals surface area contributed by atoms with Gasteiger partial charge in [0.25, 0.3) is 8.32 Å². The van der Waals surface area contributed by atoms with E-state index in [1.807, 2.05) is 81.4 Å². The molecule has 0 saturated heterocycles. The van der Waals surface area contributed by atoms with E-state index in [-0.39, 0.29) is 36.7 Å². The standard InChI is InChI=1S/C56H72O9SSi/c1-42(64-41-58-7)52(63-38-43-26-29-46(59-8)30-27-43)37-47(62-39-45-28-31-51(60-9)53(35-45)61-10)34-44(36-54(57)56(5,6)40-66-48-20-14-11-15-21-48)32-33-65-67(55(2,3)4,49-22-16-12-17-23-49)50-24-18-13-19-25-50/h11-32,35,42,47,52H,33-34,36-41H2,1-10H3/b44-32+/t42-,47+,52-/m1/s1. The van der Waals surface area contributed by atoms with Gasteiger partial charge in [-0.1, -0.05) is 143 Å². The molecule has 0 heterocycles. The van der Waals surface area contributed by atoms with Crippen molar-refractivity contribution < 1.29 is 42.4 Å². The number of ketones is 1. The van der Waals surface area contributed by atoms with E-state index in [1.54, 1.807) is 40.2 Å². The van der Waals surface area contributed by atoms with Crippen LogP contribution in [0.4, 0.5) is 0 Å². The third-order valence-corrected chi connectivity index (χ3v) is 18.6. The van der Waals surface area contributed by atoms with Crippen LogP contribution in [0.3, 0.4) is 0 Å². The average molecular weight is 949 g/mol. The molecular weight excluding hydrogens is 877 g/mol. The van der Waals surface area contributed by atoms with Crippen molar-refractivity contribution >= 4 is 36.2 Å². The number of rotatable bonds is 28. The highest BCUT2D eigenvalue weighted by Gasteiger charge is 2.50. The Morgan fingerprint density at radius 2 is 1.25 bits per heavy atom. The van der Waals surface area contributed by atoms with Gasteiger partial charge < -0.3 is 37.6 Å². The third kappa shape index (κ3) is 15.4. The Hall–Kier alpha value is -4.72. The maximum absolute atomic E-state index is 14.7. The molecule has 0 aromatic heterocycles. The summed E-state index contributed by atoms with van der Waals surface area (Å²) in [6, 6.07) is 45.1. The molecule has 9 nitrogen and oxygen atoms in total. The number of hydrogen-bond acceptors (Lipinski definition) is 10. The zero-order valence-corrected chi connectivity index (χ0v) is 43.1. The molecule has 0 bridgehead atoms. The van der Waals surface area contributed by atoms with E-state index >= 15 is 0 Å². The number of carbonyl (C=O) groups is 1. The lowest BCUT2D eigenvalue weighted by Gasteiger charge is -2.42. The summed E-state index contributed by atoms with van der Waals surface area (Å²) in [5.41, 5.74) is 2.23. The minimum atomic E-state index is -2.90. The lowest BCUT2D eigenvalue weighted by atomic mass is 9.85. The van der Waals surface area contributed by atoms with Crippen LogP contribution in [0.5, 0.6) is 17.2 Å². The van der Waals surface area contributed by atoms with E-state index < -0.39 is 25.9 Å². The summed E-state index contributed by atoms with van der Waals surface area (Å²) < 4.78 is 49.2. The smallest absolute Gasteiger partial charge is 0.261 e. The van der Waals surface area contributed by atoms with E-state index in [9.17, 15) is 4.79 Å². The Labute approximate surface area is 405 Å². The summed E-state index contributed by atoms with van der Waals surface area (Å²) in [6.07, 6.45) is 2.12. The minimum absolute atomic E-state index is 0.107. The van der Waals surface area contributed by atoms with Crippen LogP contribution < -0.4 is 24.6 Å². The van der Waals surface area contributed by atoms with E-state index in [2.05, 4.69) is 99.6 Å². The van der Waals surface area contributed by atoms with E-state index in [0.717, 1.165) is 27.3 Å². The minimum Gasteiger partial charge on any atom is -0.497 e. The molecule has 0 radical (unpaired) electrons. The van der Waals surface area contributed by atoms with Gasteiger partial charge in [-0.2, -0.15) is 0 Å². The molecule has 5 rings (SSSR count). The lowest BCUT2D eigenvalue weighted by molar-refractivity contribution is -0.137. The first kappa shape index (κ1) is 53.2. The van der Waals surface area contributed by atoms with Gasteiger partial charge in [-0.05, 0) is 76.3 Å². The van der Waals surface area contributed by atoms with Crippen LogP contribution in [0, 0.1) is 5.41 Å². The molecule has 0 N–H and O–H groups in total. The van der Waals surface area contributed by atoms with Crippen molar-refractivity contribution in [3.63, 3.8) is 0 Å². The van der Waals surface area contributed by atoms with Gasteiger partial charge in [0.2, 0.25) is 0 Å². The van der Waals surface area contributed by atoms with Crippen LogP contribution in [0.2, 0.25) is 5.04 Å². The molecule has 0 amide bonds. The number of thioether (sulfide) groups is 1. The summed E-state index contributed by atoms with van der Waals surface area (Å²) in [7, 11) is 3.61. The molecule has 3 atom stereocenters. The molecule has 0 aliphatic heterocycles. The van der Waals surface area contributed by atoms with Gasteiger partial charge >= 0.3 is 0 Å². The van der Waals surface area contributed by atoms with Gasteiger partial charge in [-0.3, -0.25) is 4.79 Å². The first-order chi connectivity index (χ1) is 32.2. The first-order valence-electron chi connectivity index (χ1n) is 23.0.